The van der Waals surface area contributed by atoms with Crippen LogP contribution in [0.2, 0.25) is 0 Å². The third-order valence-electron chi connectivity index (χ3n) is 2.92. The number of hydrogen-bond donors (Lipinski definition) is 2. The molecule has 2 N–H and O–H groups in total. The van der Waals surface area contributed by atoms with Crippen molar-refractivity contribution in [1.29, 1.82) is 0 Å². The Morgan fingerprint density at radius 2 is 2.16 bits per heavy atom. The first-order chi connectivity index (χ1) is 8.88. The van der Waals surface area contributed by atoms with E-state index in [2.05, 4.69) is 9.71 Å². The molecule has 0 saturated carbocycles. The van der Waals surface area contributed by atoms with Crippen LogP contribution in [0.4, 0.5) is 0 Å². The lowest BCUT2D eigenvalue weighted by atomic mass is 10.2. The van der Waals surface area contributed by atoms with Crippen LogP contribution >= 0.6 is 12.2 Å². The van der Waals surface area contributed by atoms with Crippen molar-refractivity contribution in [2.75, 3.05) is 12.8 Å². The number of rotatable bonds is 5. The first-order valence-corrected chi connectivity index (χ1v) is 8.31. The minimum absolute atomic E-state index is 0.416. The third kappa shape index (κ3) is 3.43. The van der Waals surface area contributed by atoms with Crippen molar-refractivity contribution in [3.63, 3.8) is 0 Å². The van der Waals surface area contributed by atoms with Crippen LogP contribution in [-0.4, -0.2) is 30.8 Å². The Hall–Kier alpha value is -1.18. The lowest BCUT2D eigenvalue weighted by Crippen LogP contribution is -2.23. The van der Waals surface area contributed by atoms with E-state index in [1.54, 1.807) is 0 Å². The number of para-hydroxylation sites is 1. The van der Waals surface area contributed by atoms with Crippen molar-refractivity contribution in [2.45, 2.75) is 19.9 Å². The Morgan fingerprint density at radius 1 is 1.42 bits per heavy atom. The summed E-state index contributed by atoms with van der Waals surface area (Å²) in [6.45, 7) is 3.14. The van der Waals surface area contributed by atoms with Gasteiger partial charge in [-0.05, 0) is 37.2 Å². The van der Waals surface area contributed by atoms with Gasteiger partial charge in [0.2, 0.25) is 10.0 Å². The molecule has 0 saturated heterocycles. The molecule has 0 amide bonds. The second-order valence-corrected chi connectivity index (χ2v) is 6.79. The third-order valence-corrected chi connectivity index (χ3v) is 3.97. The van der Waals surface area contributed by atoms with Gasteiger partial charge in [0.1, 0.15) is 0 Å². The van der Waals surface area contributed by atoms with Gasteiger partial charge in [0.05, 0.1) is 17.3 Å². The zero-order valence-electron chi connectivity index (χ0n) is 10.9. The van der Waals surface area contributed by atoms with Gasteiger partial charge >= 0.3 is 0 Å². The van der Waals surface area contributed by atoms with Crippen molar-refractivity contribution in [2.24, 2.45) is 0 Å². The molecule has 1 heterocycles. The quantitative estimate of drug-likeness (QED) is 0.655. The van der Waals surface area contributed by atoms with Gasteiger partial charge in [-0.25, -0.2) is 13.1 Å². The van der Waals surface area contributed by atoms with Crippen molar-refractivity contribution in [3.8, 4) is 0 Å². The van der Waals surface area contributed by atoms with Gasteiger partial charge in [0.25, 0.3) is 0 Å². The molecule has 2 rings (SSSR count). The van der Waals surface area contributed by atoms with E-state index in [-0.39, 0.29) is 0 Å². The maximum absolute atomic E-state index is 11.0. The molecule has 0 unspecified atom stereocenters. The summed E-state index contributed by atoms with van der Waals surface area (Å²) >= 11 is 5.30. The summed E-state index contributed by atoms with van der Waals surface area (Å²) < 4.78 is 27.1. The molecule has 0 aliphatic heterocycles. The average molecular weight is 299 g/mol. The molecule has 0 fully saturated rings. The number of nitrogens with one attached hydrogen (secondary N) is 2. The molecule has 104 valence electrons. The fourth-order valence-electron chi connectivity index (χ4n) is 2.11. The van der Waals surface area contributed by atoms with Gasteiger partial charge < -0.3 is 9.55 Å². The lowest BCUT2D eigenvalue weighted by molar-refractivity contribution is 0.576. The van der Waals surface area contributed by atoms with E-state index in [1.807, 2.05) is 29.7 Å². The second-order valence-electron chi connectivity index (χ2n) is 4.57. The van der Waals surface area contributed by atoms with Crippen LogP contribution < -0.4 is 4.72 Å². The van der Waals surface area contributed by atoms with E-state index < -0.39 is 10.0 Å². The van der Waals surface area contributed by atoms with Crippen molar-refractivity contribution < 1.29 is 8.42 Å². The average Bonchev–Trinajstić information content (AvgIpc) is 2.61. The van der Waals surface area contributed by atoms with Crippen LogP contribution in [0.3, 0.4) is 0 Å². The minimum Gasteiger partial charge on any atom is -0.331 e. The Kier molecular flexibility index (Phi) is 4.07. The van der Waals surface area contributed by atoms with Gasteiger partial charge in [0.15, 0.2) is 4.77 Å². The molecule has 2 aromatic rings. The predicted octanol–water partition coefficient (Wildman–Crippen LogP) is 1.95. The number of sulfonamides is 1. The molecule has 19 heavy (non-hydrogen) atoms. The molecular formula is C12H17N3O2S2. The van der Waals surface area contributed by atoms with Gasteiger partial charge in [-0.3, -0.25) is 0 Å². The number of benzene rings is 1. The Bertz CT molecular complexity index is 744. The number of nitrogens with zero attached hydrogens (tertiary/aromatic N) is 1. The van der Waals surface area contributed by atoms with Crippen LogP contribution in [0.1, 0.15) is 12.0 Å². The van der Waals surface area contributed by atoms with Crippen LogP contribution in [0, 0.1) is 11.7 Å². The zero-order valence-corrected chi connectivity index (χ0v) is 12.6. The van der Waals surface area contributed by atoms with Crippen LogP contribution in [-0.2, 0) is 16.6 Å². The van der Waals surface area contributed by atoms with Gasteiger partial charge in [0, 0.05) is 13.1 Å². The van der Waals surface area contributed by atoms with Gasteiger partial charge in [-0.15, -0.1) is 0 Å². The first-order valence-electron chi connectivity index (χ1n) is 6.01. The highest BCUT2D eigenvalue weighted by atomic mass is 32.2. The molecule has 0 radical (unpaired) electrons. The van der Waals surface area contributed by atoms with Crippen LogP contribution in [0.15, 0.2) is 18.2 Å². The highest BCUT2D eigenvalue weighted by molar-refractivity contribution is 7.88. The fourth-order valence-corrected chi connectivity index (χ4v) is 2.92. The monoisotopic (exact) mass is 299 g/mol. The van der Waals surface area contributed by atoms with Crippen LogP contribution in [0.5, 0.6) is 0 Å². The van der Waals surface area contributed by atoms with Crippen molar-refractivity contribution in [1.82, 2.24) is 14.3 Å². The molecule has 1 aromatic carbocycles. The summed E-state index contributed by atoms with van der Waals surface area (Å²) in [5.74, 6) is 0. The molecule has 0 bridgehead atoms. The highest BCUT2D eigenvalue weighted by Gasteiger charge is 2.06. The van der Waals surface area contributed by atoms with E-state index in [1.165, 1.54) is 0 Å². The molecule has 0 aliphatic carbocycles. The summed E-state index contributed by atoms with van der Waals surface area (Å²) in [5.41, 5.74) is 3.26. The summed E-state index contributed by atoms with van der Waals surface area (Å²) in [7, 11) is -3.12. The molecule has 0 spiro atoms. The van der Waals surface area contributed by atoms with E-state index >= 15 is 0 Å². The Balaban J connectivity index is 2.17. The topological polar surface area (TPSA) is 66.9 Å². The molecular weight excluding hydrogens is 282 g/mol. The minimum atomic E-state index is -3.12. The molecule has 0 atom stereocenters. The molecule has 5 nitrogen and oxygen atoms in total. The van der Waals surface area contributed by atoms with E-state index in [0.29, 0.717) is 24.3 Å². The number of aromatic nitrogens is 2. The summed E-state index contributed by atoms with van der Waals surface area (Å²) in [6, 6.07) is 6.01. The van der Waals surface area contributed by atoms with E-state index in [0.717, 1.165) is 22.9 Å². The van der Waals surface area contributed by atoms with Gasteiger partial charge in [-0.1, -0.05) is 12.1 Å². The number of fused-ring (bicyclic) bond motifs is 1. The summed E-state index contributed by atoms with van der Waals surface area (Å²) in [4.78, 5) is 3.16. The maximum Gasteiger partial charge on any atom is 0.208 e. The predicted molar refractivity (Wildman–Crippen MR) is 79.3 cm³/mol. The zero-order chi connectivity index (χ0) is 14.0. The lowest BCUT2D eigenvalue weighted by Gasteiger charge is -2.07. The largest absolute Gasteiger partial charge is 0.331 e. The number of imidazole rings is 1. The number of hydrogen-bond acceptors (Lipinski definition) is 3. The number of aryl methyl sites for hydroxylation is 2. The van der Waals surface area contributed by atoms with Gasteiger partial charge in [-0.2, -0.15) is 0 Å². The summed E-state index contributed by atoms with van der Waals surface area (Å²) in [6.07, 6.45) is 1.86. The van der Waals surface area contributed by atoms with Crippen molar-refractivity contribution >= 4 is 33.3 Å². The Morgan fingerprint density at radius 3 is 2.84 bits per heavy atom. The normalized spacial score (nSPS) is 12.1. The molecule has 7 heteroatoms. The Labute approximate surface area is 117 Å². The van der Waals surface area contributed by atoms with E-state index in [9.17, 15) is 8.42 Å². The smallest absolute Gasteiger partial charge is 0.208 e. The van der Waals surface area contributed by atoms with Crippen LogP contribution in [0.25, 0.3) is 11.0 Å². The number of H-pyrrole nitrogens is 1. The summed E-state index contributed by atoms with van der Waals surface area (Å²) in [5, 5.41) is 0. The molecule has 0 aliphatic rings. The molecule has 1 aromatic heterocycles. The SMILES string of the molecule is Cc1cccc2[nH]c(=S)n(CCCNS(C)(=O)=O)c12. The first kappa shape index (κ1) is 14.2. The van der Waals surface area contributed by atoms with E-state index in [4.69, 9.17) is 12.2 Å². The second kappa shape index (κ2) is 5.44. The highest BCUT2D eigenvalue weighted by Crippen LogP contribution is 2.18. The fraction of sp³-hybridized carbons (Fsp3) is 0.417. The van der Waals surface area contributed by atoms with Crippen molar-refractivity contribution in [3.05, 3.63) is 28.5 Å². The number of aromatic amines is 1. The maximum atomic E-state index is 11.0. The standard InChI is InChI=1S/C12H17N3O2S2/c1-9-5-3-6-10-11(9)15(12(18)14-10)8-4-7-13-19(2,16)17/h3,5-6,13H,4,7-8H2,1-2H3,(H,14,18).